The molecule has 0 saturated heterocycles. The molecule has 0 spiro atoms. The number of nitrogens with zero attached hydrogens (tertiary/aromatic N) is 1. The number of thiophene rings is 1. The molecule has 0 radical (unpaired) electrons. The molecule has 0 N–H and O–H groups in total. The summed E-state index contributed by atoms with van der Waals surface area (Å²) in [5.41, 5.74) is 0.147. The summed E-state index contributed by atoms with van der Waals surface area (Å²) in [6.07, 6.45) is 0. The van der Waals surface area contributed by atoms with Crippen molar-refractivity contribution in [1.82, 2.24) is 4.31 Å². The summed E-state index contributed by atoms with van der Waals surface area (Å²) in [7, 11) is -2.50. The Balaban J connectivity index is 2.41. The van der Waals surface area contributed by atoms with E-state index in [4.69, 9.17) is 11.6 Å². The van der Waals surface area contributed by atoms with Crippen molar-refractivity contribution in [2.24, 2.45) is 0 Å². The van der Waals surface area contributed by atoms with Gasteiger partial charge in [0, 0.05) is 28.5 Å². The topological polar surface area (TPSA) is 37.4 Å². The lowest BCUT2D eigenvalue weighted by Crippen LogP contribution is -2.27. The van der Waals surface area contributed by atoms with Crippen molar-refractivity contribution >= 4 is 48.9 Å². The Morgan fingerprint density at radius 3 is 2.71 bits per heavy atom. The summed E-state index contributed by atoms with van der Waals surface area (Å²) in [6.45, 7) is 0.197. The van der Waals surface area contributed by atoms with Crippen LogP contribution < -0.4 is 0 Å². The summed E-state index contributed by atoms with van der Waals surface area (Å²) in [5.74, 6) is -0.895. The molecule has 0 unspecified atom stereocenters. The SMILES string of the molecule is CN(Cc1cccs1)S(=O)(=O)c1cc(Br)cc(CCl)c1F. The van der Waals surface area contributed by atoms with Gasteiger partial charge in [-0.2, -0.15) is 4.31 Å². The highest BCUT2D eigenvalue weighted by Gasteiger charge is 2.26. The zero-order valence-electron chi connectivity index (χ0n) is 11.0. The van der Waals surface area contributed by atoms with E-state index >= 15 is 0 Å². The van der Waals surface area contributed by atoms with Crippen LogP contribution in [0.4, 0.5) is 4.39 Å². The summed E-state index contributed by atoms with van der Waals surface area (Å²) >= 11 is 10.3. The van der Waals surface area contributed by atoms with Crippen LogP contribution in [0.1, 0.15) is 10.4 Å². The van der Waals surface area contributed by atoms with Crippen LogP contribution in [0.15, 0.2) is 39.0 Å². The lowest BCUT2D eigenvalue weighted by molar-refractivity contribution is 0.461. The first-order valence-electron chi connectivity index (χ1n) is 5.89. The van der Waals surface area contributed by atoms with E-state index in [1.165, 1.54) is 30.5 Å². The van der Waals surface area contributed by atoms with Crippen molar-refractivity contribution in [2.45, 2.75) is 17.3 Å². The maximum absolute atomic E-state index is 14.3. The van der Waals surface area contributed by atoms with E-state index in [1.807, 2.05) is 17.5 Å². The molecule has 0 bridgehead atoms. The van der Waals surface area contributed by atoms with Crippen LogP contribution in [0.3, 0.4) is 0 Å². The van der Waals surface area contributed by atoms with Crippen LogP contribution in [-0.4, -0.2) is 19.8 Å². The molecule has 0 aliphatic carbocycles. The average molecular weight is 413 g/mol. The fourth-order valence-electron chi connectivity index (χ4n) is 1.78. The number of alkyl halides is 1. The molecular formula is C13H12BrClFNO2S2. The van der Waals surface area contributed by atoms with Crippen LogP contribution in [0, 0.1) is 5.82 Å². The Hall–Kier alpha value is -0.470. The largest absolute Gasteiger partial charge is 0.246 e. The Labute approximate surface area is 140 Å². The lowest BCUT2D eigenvalue weighted by Gasteiger charge is -2.18. The summed E-state index contributed by atoms with van der Waals surface area (Å²) in [5, 5.41) is 1.86. The zero-order chi connectivity index (χ0) is 15.6. The number of hydrogen-bond donors (Lipinski definition) is 0. The number of sulfonamides is 1. The molecule has 1 aromatic heterocycles. The van der Waals surface area contributed by atoms with E-state index in [0.717, 1.165) is 9.18 Å². The molecule has 0 saturated carbocycles. The van der Waals surface area contributed by atoms with Crippen LogP contribution in [-0.2, 0) is 22.4 Å². The second-order valence-corrected chi connectivity index (χ2v) is 8.58. The minimum absolute atomic E-state index is 0.0948. The van der Waals surface area contributed by atoms with Gasteiger partial charge in [-0.15, -0.1) is 22.9 Å². The molecule has 2 rings (SSSR count). The predicted molar refractivity (Wildman–Crippen MR) is 86.6 cm³/mol. The van der Waals surface area contributed by atoms with Gasteiger partial charge in [0.15, 0.2) is 0 Å². The normalized spacial score (nSPS) is 12.0. The molecule has 0 amide bonds. The quantitative estimate of drug-likeness (QED) is 0.690. The van der Waals surface area contributed by atoms with Crippen LogP contribution in [0.5, 0.6) is 0 Å². The smallest absolute Gasteiger partial charge is 0.207 e. The summed E-state index contributed by atoms with van der Waals surface area (Å²) < 4.78 is 40.9. The minimum Gasteiger partial charge on any atom is -0.207 e. The van der Waals surface area contributed by atoms with Crippen molar-refractivity contribution in [3.8, 4) is 0 Å². The van der Waals surface area contributed by atoms with Gasteiger partial charge >= 0.3 is 0 Å². The summed E-state index contributed by atoms with van der Waals surface area (Å²) in [4.78, 5) is 0.514. The van der Waals surface area contributed by atoms with Gasteiger partial charge < -0.3 is 0 Å². The molecule has 3 nitrogen and oxygen atoms in total. The van der Waals surface area contributed by atoms with Crippen molar-refractivity contribution in [3.05, 3.63) is 50.4 Å². The van der Waals surface area contributed by atoms with Crippen LogP contribution in [0.2, 0.25) is 0 Å². The highest BCUT2D eigenvalue weighted by Crippen LogP contribution is 2.28. The third-order valence-electron chi connectivity index (χ3n) is 2.87. The summed E-state index contributed by atoms with van der Waals surface area (Å²) in [6, 6.07) is 6.40. The number of benzene rings is 1. The highest BCUT2D eigenvalue weighted by molar-refractivity contribution is 9.10. The number of hydrogen-bond acceptors (Lipinski definition) is 3. The number of rotatable bonds is 5. The first-order chi connectivity index (χ1) is 9.86. The minimum atomic E-state index is -3.92. The van der Waals surface area contributed by atoms with E-state index in [-0.39, 0.29) is 22.9 Å². The van der Waals surface area contributed by atoms with Crippen LogP contribution in [0.25, 0.3) is 0 Å². The number of halogens is 3. The Bertz CT molecular complexity index is 735. The molecule has 0 aliphatic heterocycles. The van der Waals surface area contributed by atoms with Gasteiger partial charge in [0.2, 0.25) is 10.0 Å². The molecule has 0 aliphatic rings. The van der Waals surface area contributed by atoms with Gasteiger partial charge in [-0.25, -0.2) is 12.8 Å². The van der Waals surface area contributed by atoms with E-state index in [9.17, 15) is 12.8 Å². The molecule has 114 valence electrons. The predicted octanol–water partition coefficient (Wildman–Crippen LogP) is 4.21. The average Bonchev–Trinajstić information content (AvgIpc) is 2.93. The third kappa shape index (κ3) is 3.65. The fourth-order valence-corrected chi connectivity index (χ4v) is 4.75. The van der Waals surface area contributed by atoms with Gasteiger partial charge in [-0.05, 0) is 23.6 Å². The maximum atomic E-state index is 14.3. The maximum Gasteiger partial charge on any atom is 0.246 e. The van der Waals surface area contributed by atoms with E-state index in [1.54, 1.807) is 0 Å². The standard InChI is InChI=1S/C13H12BrClFNO2S2/c1-17(8-11-3-2-4-20-11)21(18,19)12-6-10(14)5-9(7-15)13(12)16/h2-6H,7-8H2,1H3. The monoisotopic (exact) mass is 411 g/mol. The first-order valence-corrected chi connectivity index (χ1v) is 9.53. The van der Waals surface area contributed by atoms with Crippen molar-refractivity contribution in [3.63, 3.8) is 0 Å². The lowest BCUT2D eigenvalue weighted by atomic mass is 10.2. The highest BCUT2D eigenvalue weighted by atomic mass is 79.9. The second-order valence-electron chi connectivity index (χ2n) is 4.35. The molecule has 2 aromatic rings. The van der Waals surface area contributed by atoms with Gasteiger partial charge in [0.1, 0.15) is 10.7 Å². The molecule has 0 atom stereocenters. The van der Waals surface area contributed by atoms with E-state index in [2.05, 4.69) is 15.9 Å². The molecular weight excluding hydrogens is 401 g/mol. The van der Waals surface area contributed by atoms with Crippen LogP contribution >= 0.6 is 38.9 Å². The molecule has 1 heterocycles. The molecule has 1 aromatic carbocycles. The Morgan fingerprint density at radius 1 is 1.43 bits per heavy atom. The van der Waals surface area contributed by atoms with E-state index in [0.29, 0.717) is 4.47 Å². The van der Waals surface area contributed by atoms with Gasteiger partial charge in [0.25, 0.3) is 0 Å². The first kappa shape index (κ1) is 16.9. The van der Waals surface area contributed by atoms with Crippen molar-refractivity contribution < 1.29 is 12.8 Å². The fraction of sp³-hybridized carbons (Fsp3) is 0.231. The Morgan fingerprint density at radius 2 is 2.14 bits per heavy atom. The molecule has 0 fully saturated rings. The zero-order valence-corrected chi connectivity index (χ0v) is 15.0. The van der Waals surface area contributed by atoms with Gasteiger partial charge in [-0.1, -0.05) is 22.0 Å². The van der Waals surface area contributed by atoms with Gasteiger partial charge in [0.05, 0.1) is 5.88 Å². The second kappa shape index (κ2) is 6.75. The van der Waals surface area contributed by atoms with Crippen molar-refractivity contribution in [2.75, 3.05) is 7.05 Å². The van der Waals surface area contributed by atoms with Crippen molar-refractivity contribution in [1.29, 1.82) is 0 Å². The molecule has 8 heteroatoms. The third-order valence-corrected chi connectivity index (χ3v) is 6.28. The molecule has 21 heavy (non-hydrogen) atoms. The Kier molecular flexibility index (Phi) is 5.43. The van der Waals surface area contributed by atoms with Gasteiger partial charge in [-0.3, -0.25) is 0 Å². The van der Waals surface area contributed by atoms with E-state index < -0.39 is 15.8 Å².